The molecule has 0 aliphatic heterocycles. The average Bonchev–Trinajstić information content (AvgIpc) is 3.85. The van der Waals surface area contributed by atoms with E-state index in [0.29, 0.717) is 17.5 Å². The van der Waals surface area contributed by atoms with Gasteiger partial charge in [-0.2, -0.15) is 0 Å². The number of fused-ring (bicyclic) bond motifs is 6. The quantitative estimate of drug-likeness (QED) is 0.171. The number of aromatic nitrogens is 3. The van der Waals surface area contributed by atoms with Crippen molar-refractivity contribution in [2.24, 2.45) is 0 Å². The van der Waals surface area contributed by atoms with Gasteiger partial charge in [-0.05, 0) is 69.8 Å². The molecule has 0 radical (unpaired) electrons. The Labute approximate surface area is 322 Å². The van der Waals surface area contributed by atoms with E-state index in [0.717, 1.165) is 93.9 Å². The highest BCUT2D eigenvalue weighted by molar-refractivity contribution is 6.17. The number of hydrogen-bond donors (Lipinski definition) is 0. The van der Waals surface area contributed by atoms with E-state index in [4.69, 9.17) is 23.8 Å². The summed E-state index contributed by atoms with van der Waals surface area (Å²) in [6.45, 7) is 0. The number of rotatable bonds is 6. The van der Waals surface area contributed by atoms with Gasteiger partial charge in [-0.3, -0.25) is 0 Å². The number of nitrogens with zero attached hydrogens (tertiary/aromatic N) is 3. The third-order valence-electron chi connectivity index (χ3n) is 10.5. The molecule has 0 aliphatic rings. The van der Waals surface area contributed by atoms with E-state index >= 15 is 0 Å². The Morgan fingerprint density at radius 3 is 1.48 bits per heavy atom. The largest absolute Gasteiger partial charge is 0.456 e. The van der Waals surface area contributed by atoms with Crippen LogP contribution in [0, 0.1) is 0 Å². The first-order valence-corrected chi connectivity index (χ1v) is 18.7. The molecule has 0 N–H and O–H groups in total. The van der Waals surface area contributed by atoms with Crippen LogP contribution < -0.4 is 0 Å². The zero-order valence-electron chi connectivity index (χ0n) is 30.1. The van der Waals surface area contributed by atoms with Gasteiger partial charge in [-0.15, -0.1) is 0 Å². The fourth-order valence-electron chi connectivity index (χ4n) is 7.85. The molecule has 0 spiro atoms. The smallest absolute Gasteiger partial charge is 0.164 e. The predicted octanol–water partition coefficient (Wildman–Crippen LogP) is 13.7. The van der Waals surface area contributed by atoms with Gasteiger partial charge in [0.15, 0.2) is 17.5 Å². The highest BCUT2D eigenvalue weighted by atomic mass is 16.3. The number of benzene rings is 8. The van der Waals surface area contributed by atoms with Gasteiger partial charge in [0, 0.05) is 38.2 Å². The van der Waals surface area contributed by atoms with Gasteiger partial charge in [-0.1, -0.05) is 152 Å². The Kier molecular flexibility index (Phi) is 7.42. The molecular weight excluding hydrogens is 687 g/mol. The molecule has 0 bridgehead atoms. The van der Waals surface area contributed by atoms with Crippen LogP contribution in [-0.2, 0) is 0 Å². The van der Waals surface area contributed by atoms with E-state index in [9.17, 15) is 0 Å². The van der Waals surface area contributed by atoms with E-state index in [1.807, 2.05) is 66.7 Å². The van der Waals surface area contributed by atoms with Crippen LogP contribution in [0.1, 0.15) is 0 Å². The number of furan rings is 2. The van der Waals surface area contributed by atoms with Crippen molar-refractivity contribution in [3.63, 3.8) is 0 Å². The van der Waals surface area contributed by atoms with Crippen LogP contribution in [0.5, 0.6) is 0 Å². The fourth-order valence-corrected chi connectivity index (χ4v) is 7.85. The van der Waals surface area contributed by atoms with Gasteiger partial charge >= 0.3 is 0 Å². The van der Waals surface area contributed by atoms with Crippen molar-refractivity contribution in [2.45, 2.75) is 0 Å². The van der Waals surface area contributed by atoms with Crippen molar-refractivity contribution in [2.75, 3.05) is 0 Å². The van der Waals surface area contributed by atoms with Gasteiger partial charge in [-0.25, -0.2) is 15.0 Å². The summed E-state index contributed by atoms with van der Waals surface area (Å²) < 4.78 is 13.1. The van der Waals surface area contributed by atoms with E-state index in [-0.39, 0.29) is 0 Å². The summed E-state index contributed by atoms with van der Waals surface area (Å²) in [5.74, 6) is 1.79. The lowest BCUT2D eigenvalue weighted by molar-refractivity contribution is 0.668. The van der Waals surface area contributed by atoms with Gasteiger partial charge < -0.3 is 8.83 Å². The maximum atomic E-state index is 6.62. The maximum Gasteiger partial charge on any atom is 0.164 e. The minimum absolute atomic E-state index is 0.575. The van der Waals surface area contributed by atoms with Crippen LogP contribution in [0.3, 0.4) is 0 Å². The minimum Gasteiger partial charge on any atom is -0.456 e. The summed E-state index contributed by atoms with van der Waals surface area (Å²) in [4.78, 5) is 15.0. The van der Waals surface area contributed by atoms with Gasteiger partial charge in [0.25, 0.3) is 0 Å². The SMILES string of the molecule is c1ccc(-c2ccc(-c3nc(-c4ccccc4)nc(-c4ccc5c(c4)oc4cccc(-c6cc(-c7ccccc7)c7c(c6)oc6ccccc67)c45)n3)cc2)cc1. The molecule has 56 heavy (non-hydrogen) atoms. The zero-order chi connectivity index (χ0) is 37.0. The van der Waals surface area contributed by atoms with Crippen LogP contribution in [0.15, 0.2) is 197 Å². The Morgan fingerprint density at radius 2 is 0.750 bits per heavy atom. The highest BCUT2D eigenvalue weighted by Crippen LogP contribution is 2.43. The van der Waals surface area contributed by atoms with Gasteiger partial charge in [0.2, 0.25) is 0 Å². The van der Waals surface area contributed by atoms with Crippen LogP contribution >= 0.6 is 0 Å². The Morgan fingerprint density at radius 1 is 0.268 bits per heavy atom. The van der Waals surface area contributed by atoms with Crippen molar-refractivity contribution >= 4 is 43.9 Å². The summed E-state index contributed by atoms with van der Waals surface area (Å²) in [5, 5.41) is 4.28. The first-order chi connectivity index (χ1) is 27.7. The molecule has 262 valence electrons. The number of hydrogen-bond acceptors (Lipinski definition) is 5. The van der Waals surface area contributed by atoms with Crippen molar-refractivity contribution in [1.82, 2.24) is 15.0 Å². The Balaban J connectivity index is 1.05. The van der Waals surface area contributed by atoms with Crippen LogP contribution in [0.25, 0.3) is 111 Å². The topological polar surface area (TPSA) is 65.0 Å². The van der Waals surface area contributed by atoms with E-state index in [1.165, 1.54) is 0 Å². The van der Waals surface area contributed by atoms with Gasteiger partial charge in [0.05, 0.1) is 0 Å². The molecule has 3 aromatic heterocycles. The van der Waals surface area contributed by atoms with Crippen LogP contribution in [-0.4, -0.2) is 15.0 Å². The molecule has 0 unspecified atom stereocenters. The molecule has 5 heteroatoms. The van der Waals surface area contributed by atoms with Crippen molar-refractivity contribution < 1.29 is 8.83 Å². The molecule has 0 aliphatic carbocycles. The molecular formula is C51H31N3O2. The second-order valence-electron chi connectivity index (χ2n) is 14.0. The first kappa shape index (κ1) is 31.9. The summed E-state index contributed by atoms with van der Waals surface area (Å²) in [7, 11) is 0. The molecule has 8 aromatic carbocycles. The molecule has 11 rings (SSSR count). The normalized spacial score (nSPS) is 11.6. The predicted molar refractivity (Wildman–Crippen MR) is 227 cm³/mol. The fraction of sp³-hybridized carbons (Fsp3) is 0. The monoisotopic (exact) mass is 717 g/mol. The van der Waals surface area contributed by atoms with Gasteiger partial charge in [0.1, 0.15) is 22.3 Å². The standard InChI is InChI=1S/C51H31N3O2/c1-4-13-32(14-5-1)33-23-25-36(26-24-33)50-52-49(35-17-8-3-9-18-35)53-51(54-50)37-27-28-41-45(30-37)56-44-22-12-20-39(47(41)44)38-29-42(34-15-6-2-7-16-34)48-40-19-10-11-21-43(40)55-46(48)31-38/h1-31H. The molecule has 3 heterocycles. The second-order valence-corrected chi connectivity index (χ2v) is 14.0. The minimum atomic E-state index is 0.575. The lowest BCUT2D eigenvalue weighted by Crippen LogP contribution is -2.00. The molecule has 11 aromatic rings. The third-order valence-corrected chi connectivity index (χ3v) is 10.5. The molecule has 0 saturated heterocycles. The first-order valence-electron chi connectivity index (χ1n) is 18.7. The summed E-state index contributed by atoms with van der Waals surface area (Å²) in [5.41, 5.74) is 12.7. The van der Waals surface area contributed by atoms with Crippen molar-refractivity contribution in [3.05, 3.63) is 188 Å². The summed E-state index contributed by atoms with van der Waals surface area (Å²) in [6.07, 6.45) is 0. The molecule has 0 saturated carbocycles. The Hall–Kier alpha value is -7.63. The average molecular weight is 718 g/mol. The summed E-state index contributed by atoms with van der Waals surface area (Å²) >= 11 is 0. The van der Waals surface area contributed by atoms with Crippen LogP contribution in [0.4, 0.5) is 0 Å². The molecule has 0 atom stereocenters. The number of para-hydroxylation sites is 1. The molecule has 0 amide bonds. The maximum absolute atomic E-state index is 6.62. The lowest BCUT2D eigenvalue weighted by atomic mass is 9.92. The van der Waals surface area contributed by atoms with E-state index in [2.05, 4.69) is 121 Å². The highest BCUT2D eigenvalue weighted by Gasteiger charge is 2.20. The molecule has 0 fully saturated rings. The third kappa shape index (κ3) is 5.45. The van der Waals surface area contributed by atoms with E-state index in [1.54, 1.807) is 0 Å². The van der Waals surface area contributed by atoms with Crippen molar-refractivity contribution in [3.8, 4) is 67.5 Å². The lowest BCUT2D eigenvalue weighted by Gasteiger charge is -2.10. The van der Waals surface area contributed by atoms with E-state index < -0.39 is 0 Å². The Bertz CT molecular complexity index is 3220. The summed E-state index contributed by atoms with van der Waals surface area (Å²) in [6, 6.07) is 64.5. The molecule has 5 nitrogen and oxygen atoms in total. The zero-order valence-corrected chi connectivity index (χ0v) is 30.1. The van der Waals surface area contributed by atoms with Crippen LogP contribution in [0.2, 0.25) is 0 Å². The van der Waals surface area contributed by atoms with Crippen molar-refractivity contribution in [1.29, 1.82) is 0 Å². The second kappa shape index (κ2) is 13.0.